The van der Waals surface area contributed by atoms with Crippen molar-refractivity contribution in [2.24, 2.45) is 0 Å². The second kappa shape index (κ2) is 10.7. The molecule has 0 aromatic heterocycles. The van der Waals surface area contributed by atoms with Crippen LogP contribution >= 0.6 is 0 Å². The van der Waals surface area contributed by atoms with E-state index in [4.69, 9.17) is 9.47 Å². The van der Waals surface area contributed by atoms with Gasteiger partial charge in [-0.1, -0.05) is 24.3 Å². The van der Waals surface area contributed by atoms with E-state index in [9.17, 15) is 17.6 Å². The molecule has 3 rings (SSSR count). The maximum Gasteiger partial charge on any atom is 0.255 e. The van der Waals surface area contributed by atoms with E-state index in [-0.39, 0.29) is 30.4 Å². The van der Waals surface area contributed by atoms with E-state index in [0.29, 0.717) is 17.1 Å². The summed E-state index contributed by atoms with van der Waals surface area (Å²) in [6.45, 7) is 0.269. The van der Waals surface area contributed by atoms with Gasteiger partial charge in [0.25, 0.3) is 5.91 Å². The topological polar surface area (TPSA) is 93.7 Å². The molecule has 1 amide bonds. The number of ether oxygens (including phenoxy) is 2. The third-order valence-corrected chi connectivity index (χ3v) is 5.99. The molecule has 0 heterocycles. The summed E-state index contributed by atoms with van der Waals surface area (Å²) in [5.41, 5.74) is 1.07. The van der Waals surface area contributed by atoms with Gasteiger partial charge in [-0.3, -0.25) is 4.79 Å². The Bertz CT molecular complexity index is 1150. The van der Waals surface area contributed by atoms with Crippen molar-refractivity contribution in [3.63, 3.8) is 0 Å². The summed E-state index contributed by atoms with van der Waals surface area (Å²) in [6, 6.07) is 18.6. The van der Waals surface area contributed by atoms with Crippen molar-refractivity contribution in [1.29, 1.82) is 0 Å². The summed E-state index contributed by atoms with van der Waals surface area (Å²) >= 11 is 0. The molecule has 0 aliphatic carbocycles. The molecule has 3 aromatic rings. The van der Waals surface area contributed by atoms with Crippen LogP contribution < -0.4 is 19.5 Å². The van der Waals surface area contributed by atoms with Crippen LogP contribution in [0.3, 0.4) is 0 Å². The maximum atomic E-state index is 13.0. The molecule has 0 aliphatic heterocycles. The van der Waals surface area contributed by atoms with E-state index in [1.807, 2.05) is 0 Å². The van der Waals surface area contributed by atoms with E-state index in [1.54, 1.807) is 48.5 Å². The molecule has 0 fully saturated rings. The van der Waals surface area contributed by atoms with Crippen molar-refractivity contribution < 1.29 is 27.1 Å². The Hall–Kier alpha value is -3.43. The number of benzene rings is 3. The lowest BCUT2D eigenvalue weighted by Gasteiger charge is -2.12. The van der Waals surface area contributed by atoms with Crippen LogP contribution in [0.1, 0.15) is 15.9 Å². The summed E-state index contributed by atoms with van der Waals surface area (Å²) in [7, 11) is -2.21. The molecular weight excluding hydrogens is 435 g/mol. The van der Waals surface area contributed by atoms with Gasteiger partial charge in [-0.25, -0.2) is 17.5 Å². The Kier molecular flexibility index (Phi) is 7.80. The van der Waals surface area contributed by atoms with Gasteiger partial charge < -0.3 is 14.8 Å². The number of halogens is 1. The molecule has 0 radical (unpaired) electrons. The van der Waals surface area contributed by atoms with Crippen molar-refractivity contribution in [3.8, 4) is 11.5 Å². The van der Waals surface area contributed by atoms with Gasteiger partial charge in [0.05, 0.1) is 17.6 Å². The molecule has 0 unspecified atom stereocenters. The van der Waals surface area contributed by atoms with Crippen LogP contribution in [0.5, 0.6) is 11.5 Å². The second-order valence-electron chi connectivity index (χ2n) is 6.74. The molecule has 0 bridgehead atoms. The Morgan fingerprint density at radius 3 is 2.31 bits per heavy atom. The highest BCUT2D eigenvalue weighted by Gasteiger charge is 2.15. The first-order valence-corrected chi connectivity index (χ1v) is 11.3. The molecule has 0 saturated carbocycles. The number of carbonyl (C=O) groups is 1. The number of sulfonamides is 1. The summed E-state index contributed by atoms with van der Waals surface area (Å²) in [6.07, 6.45) is 0. The van der Waals surface area contributed by atoms with Gasteiger partial charge in [0, 0.05) is 13.1 Å². The fourth-order valence-electron chi connectivity index (χ4n) is 2.82. The number of carbonyl (C=O) groups excluding carboxylic acids is 1. The lowest BCUT2D eigenvalue weighted by atomic mass is 10.2. The Morgan fingerprint density at radius 1 is 0.938 bits per heavy atom. The van der Waals surface area contributed by atoms with Crippen LogP contribution in [0, 0.1) is 5.82 Å². The molecule has 0 saturated heterocycles. The van der Waals surface area contributed by atoms with Gasteiger partial charge in [-0.2, -0.15) is 0 Å². The summed E-state index contributed by atoms with van der Waals surface area (Å²) in [4.78, 5) is 12.7. The van der Waals surface area contributed by atoms with Crippen LogP contribution in [-0.4, -0.2) is 34.5 Å². The predicted octanol–water partition coefficient (Wildman–Crippen LogP) is 3.12. The number of hydrogen-bond donors (Lipinski definition) is 2. The molecule has 32 heavy (non-hydrogen) atoms. The summed E-state index contributed by atoms with van der Waals surface area (Å²) in [5, 5.41) is 2.67. The van der Waals surface area contributed by atoms with Gasteiger partial charge >= 0.3 is 0 Å². The third kappa shape index (κ3) is 6.29. The van der Waals surface area contributed by atoms with Gasteiger partial charge in [-0.15, -0.1) is 0 Å². The number of nitrogens with one attached hydrogen (secondary N) is 2. The summed E-state index contributed by atoms with van der Waals surface area (Å²) in [5.74, 6) is 0.184. The average molecular weight is 459 g/mol. The minimum atomic E-state index is -3.71. The van der Waals surface area contributed by atoms with E-state index < -0.39 is 15.9 Å². The first kappa shape index (κ1) is 23.2. The van der Waals surface area contributed by atoms with E-state index >= 15 is 0 Å². The lowest BCUT2D eigenvalue weighted by molar-refractivity contribution is 0.0950. The van der Waals surface area contributed by atoms with Gasteiger partial charge in [0.15, 0.2) is 0 Å². The molecule has 2 N–H and O–H groups in total. The Labute approximate surface area is 186 Å². The first-order chi connectivity index (χ1) is 15.4. The molecule has 0 aliphatic rings. The van der Waals surface area contributed by atoms with Crippen molar-refractivity contribution in [3.05, 3.63) is 89.7 Å². The first-order valence-electron chi connectivity index (χ1n) is 9.77. The quantitative estimate of drug-likeness (QED) is 0.456. The monoisotopic (exact) mass is 458 g/mol. The van der Waals surface area contributed by atoms with Crippen molar-refractivity contribution in [1.82, 2.24) is 10.0 Å². The standard InChI is InChI=1S/C23H23FN2O5S/c1-30-19-10-12-20(13-11-19)32(28,29)26-15-14-25-23(27)21-4-2-3-5-22(21)31-16-17-6-8-18(24)9-7-17/h2-13,26H,14-16H2,1H3,(H,25,27). The zero-order chi connectivity index (χ0) is 23.0. The highest BCUT2D eigenvalue weighted by atomic mass is 32.2. The highest BCUT2D eigenvalue weighted by Crippen LogP contribution is 2.19. The normalized spacial score (nSPS) is 11.1. The molecular formula is C23H23FN2O5S. The van der Waals surface area contributed by atoms with Gasteiger partial charge in [0.2, 0.25) is 10.0 Å². The van der Waals surface area contributed by atoms with Crippen LogP contribution in [-0.2, 0) is 16.6 Å². The molecule has 7 nitrogen and oxygen atoms in total. The molecule has 9 heteroatoms. The maximum absolute atomic E-state index is 13.0. The summed E-state index contributed by atoms with van der Waals surface area (Å²) < 4.78 is 50.9. The lowest BCUT2D eigenvalue weighted by Crippen LogP contribution is -2.34. The molecule has 0 spiro atoms. The Balaban J connectivity index is 1.53. The molecule has 0 atom stereocenters. The van der Waals surface area contributed by atoms with Crippen LogP contribution in [0.15, 0.2) is 77.7 Å². The average Bonchev–Trinajstić information content (AvgIpc) is 2.81. The molecule has 168 valence electrons. The van der Waals surface area contributed by atoms with Crippen LogP contribution in [0.25, 0.3) is 0 Å². The fourth-order valence-corrected chi connectivity index (χ4v) is 3.85. The zero-order valence-corrected chi connectivity index (χ0v) is 18.2. The van der Waals surface area contributed by atoms with Crippen molar-refractivity contribution in [2.45, 2.75) is 11.5 Å². The van der Waals surface area contributed by atoms with Crippen molar-refractivity contribution >= 4 is 15.9 Å². The van der Waals surface area contributed by atoms with Gasteiger partial charge in [-0.05, 0) is 54.1 Å². The highest BCUT2D eigenvalue weighted by molar-refractivity contribution is 7.89. The third-order valence-electron chi connectivity index (χ3n) is 4.51. The van der Waals surface area contributed by atoms with Gasteiger partial charge in [0.1, 0.15) is 23.9 Å². The minimum Gasteiger partial charge on any atom is -0.497 e. The number of methoxy groups -OCH3 is 1. The number of para-hydroxylation sites is 1. The van der Waals surface area contributed by atoms with E-state index in [0.717, 1.165) is 5.56 Å². The predicted molar refractivity (Wildman–Crippen MR) is 118 cm³/mol. The molecule has 3 aromatic carbocycles. The minimum absolute atomic E-state index is 0.0126. The SMILES string of the molecule is COc1ccc(S(=O)(=O)NCCNC(=O)c2ccccc2OCc2ccc(F)cc2)cc1. The number of hydrogen-bond acceptors (Lipinski definition) is 5. The largest absolute Gasteiger partial charge is 0.497 e. The van der Waals surface area contributed by atoms with Crippen LogP contribution in [0.2, 0.25) is 0 Å². The number of rotatable bonds is 10. The zero-order valence-electron chi connectivity index (χ0n) is 17.4. The van der Waals surface area contributed by atoms with E-state index in [2.05, 4.69) is 10.0 Å². The van der Waals surface area contributed by atoms with Crippen LogP contribution in [0.4, 0.5) is 4.39 Å². The number of amides is 1. The van der Waals surface area contributed by atoms with E-state index in [1.165, 1.54) is 31.4 Å². The second-order valence-corrected chi connectivity index (χ2v) is 8.51. The smallest absolute Gasteiger partial charge is 0.255 e. The Morgan fingerprint density at radius 2 is 1.62 bits per heavy atom. The fraction of sp³-hybridized carbons (Fsp3) is 0.174. The van der Waals surface area contributed by atoms with Crippen molar-refractivity contribution in [2.75, 3.05) is 20.2 Å².